The second-order valence-electron chi connectivity index (χ2n) is 5.15. The number of hydrogen-bond acceptors (Lipinski definition) is 5. The zero-order valence-corrected chi connectivity index (χ0v) is 12.5. The van der Waals surface area contributed by atoms with Gasteiger partial charge in [-0.05, 0) is 30.7 Å². The van der Waals surface area contributed by atoms with Gasteiger partial charge in [0.05, 0.1) is 18.8 Å². The molecule has 114 valence electrons. The summed E-state index contributed by atoms with van der Waals surface area (Å²) < 4.78 is 5.35. The fourth-order valence-electron chi connectivity index (χ4n) is 2.33. The lowest BCUT2D eigenvalue weighted by molar-refractivity contribution is 0.102. The van der Waals surface area contributed by atoms with E-state index in [1.807, 2.05) is 13.0 Å². The van der Waals surface area contributed by atoms with Crippen molar-refractivity contribution in [3.63, 3.8) is 0 Å². The number of hydrogen-bond donors (Lipinski definition) is 1. The number of amides is 1. The lowest BCUT2D eigenvalue weighted by atomic mass is 10.2. The van der Waals surface area contributed by atoms with Crippen LogP contribution in [0.5, 0.6) is 0 Å². The lowest BCUT2D eigenvalue weighted by Gasteiger charge is -2.29. The summed E-state index contributed by atoms with van der Waals surface area (Å²) in [5.74, 6) is 1.02. The lowest BCUT2D eigenvalue weighted by Crippen LogP contribution is -2.38. The molecule has 0 spiro atoms. The zero-order chi connectivity index (χ0) is 15.4. The standard InChI is InChI=1S/C16H18N4O2/c1-12-4-5-14(18-11-12)19-16(21)13-3-2-6-17-15(13)20-7-9-22-10-8-20/h2-6,11H,7-10H2,1H3,(H,18,19,21). The molecule has 2 aromatic heterocycles. The fraction of sp³-hybridized carbons (Fsp3) is 0.312. The van der Waals surface area contributed by atoms with Crippen molar-refractivity contribution in [3.8, 4) is 0 Å². The van der Waals surface area contributed by atoms with E-state index < -0.39 is 0 Å². The van der Waals surface area contributed by atoms with Gasteiger partial charge in [-0.1, -0.05) is 6.07 Å². The van der Waals surface area contributed by atoms with Gasteiger partial charge in [0.1, 0.15) is 11.6 Å². The van der Waals surface area contributed by atoms with E-state index in [4.69, 9.17) is 4.74 Å². The second kappa shape index (κ2) is 6.53. The van der Waals surface area contributed by atoms with Crippen LogP contribution in [0.3, 0.4) is 0 Å². The van der Waals surface area contributed by atoms with Crippen LogP contribution in [-0.4, -0.2) is 42.2 Å². The monoisotopic (exact) mass is 298 g/mol. The van der Waals surface area contributed by atoms with Crippen molar-refractivity contribution >= 4 is 17.5 Å². The van der Waals surface area contributed by atoms with Gasteiger partial charge in [-0.2, -0.15) is 0 Å². The molecule has 0 atom stereocenters. The average Bonchev–Trinajstić information content (AvgIpc) is 2.58. The molecule has 3 heterocycles. The number of nitrogens with zero attached hydrogens (tertiary/aromatic N) is 3. The van der Waals surface area contributed by atoms with Gasteiger partial charge in [-0.3, -0.25) is 4.79 Å². The quantitative estimate of drug-likeness (QED) is 0.937. The number of carbonyl (C=O) groups is 1. The topological polar surface area (TPSA) is 67.4 Å². The molecule has 1 fully saturated rings. The van der Waals surface area contributed by atoms with E-state index in [-0.39, 0.29) is 5.91 Å². The van der Waals surface area contributed by atoms with Crippen molar-refractivity contribution in [1.82, 2.24) is 9.97 Å². The van der Waals surface area contributed by atoms with Gasteiger partial charge in [0.15, 0.2) is 0 Å². The summed E-state index contributed by atoms with van der Waals surface area (Å²) in [5.41, 5.74) is 1.60. The Morgan fingerprint density at radius 2 is 2.05 bits per heavy atom. The van der Waals surface area contributed by atoms with Crippen LogP contribution in [0.15, 0.2) is 36.7 Å². The Kier molecular flexibility index (Phi) is 4.29. The molecule has 0 unspecified atom stereocenters. The molecule has 0 radical (unpaired) electrons. The van der Waals surface area contributed by atoms with Gasteiger partial charge in [0.25, 0.3) is 5.91 Å². The third-order valence-electron chi connectivity index (χ3n) is 3.49. The molecule has 22 heavy (non-hydrogen) atoms. The zero-order valence-electron chi connectivity index (χ0n) is 12.5. The highest BCUT2D eigenvalue weighted by atomic mass is 16.5. The number of anilines is 2. The summed E-state index contributed by atoms with van der Waals surface area (Å²) in [6, 6.07) is 7.25. The van der Waals surface area contributed by atoms with Gasteiger partial charge in [0.2, 0.25) is 0 Å². The molecule has 1 aliphatic heterocycles. The predicted octanol–water partition coefficient (Wildman–Crippen LogP) is 1.87. The van der Waals surface area contributed by atoms with E-state index in [2.05, 4.69) is 20.2 Å². The normalized spacial score (nSPS) is 14.7. The number of ether oxygens (including phenoxy) is 1. The Morgan fingerprint density at radius 1 is 1.23 bits per heavy atom. The highest BCUT2D eigenvalue weighted by Gasteiger charge is 2.20. The summed E-state index contributed by atoms with van der Waals surface area (Å²) in [6.45, 7) is 4.73. The number of aryl methyl sites for hydroxylation is 1. The second-order valence-corrected chi connectivity index (χ2v) is 5.15. The highest BCUT2D eigenvalue weighted by Crippen LogP contribution is 2.19. The third-order valence-corrected chi connectivity index (χ3v) is 3.49. The molecule has 1 N–H and O–H groups in total. The molecule has 1 saturated heterocycles. The van der Waals surface area contributed by atoms with Crippen molar-refractivity contribution < 1.29 is 9.53 Å². The first kappa shape index (κ1) is 14.5. The molecule has 0 aliphatic carbocycles. The van der Waals surface area contributed by atoms with Crippen LogP contribution in [-0.2, 0) is 4.74 Å². The van der Waals surface area contributed by atoms with Crippen molar-refractivity contribution in [2.45, 2.75) is 6.92 Å². The molecule has 1 amide bonds. The molecule has 6 nitrogen and oxygen atoms in total. The van der Waals surface area contributed by atoms with Gasteiger partial charge in [0, 0.05) is 25.5 Å². The number of carbonyl (C=O) groups excluding carboxylic acids is 1. The van der Waals surface area contributed by atoms with Crippen LogP contribution < -0.4 is 10.2 Å². The summed E-state index contributed by atoms with van der Waals surface area (Å²) in [4.78, 5) is 23.2. The maximum absolute atomic E-state index is 12.5. The highest BCUT2D eigenvalue weighted by molar-refractivity contribution is 6.07. The predicted molar refractivity (Wildman–Crippen MR) is 84.2 cm³/mol. The van der Waals surface area contributed by atoms with Gasteiger partial charge >= 0.3 is 0 Å². The van der Waals surface area contributed by atoms with E-state index in [1.54, 1.807) is 30.6 Å². The van der Waals surface area contributed by atoms with Gasteiger partial charge in [-0.15, -0.1) is 0 Å². The average molecular weight is 298 g/mol. The summed E-state index contributed by atoms with van der Waals surface area (Å²) >= 11 is 0. The maximum atomic E-state index is 12.5. The van der Waals surface area contributed by atoms with Crippen LogP contribution in [0.2, 0.25) is 0 Å². The van der Waals surface area contributed by atoms with E-state index in [1.165, 1.54) is 0 Å². The fourth-order valence-corrected chi connectivity index (χ4v) is 2.33. The van der Waals surface area contributed by atoms with E-state index in [0.717, 1.165) is 18.7 Å². The molecule has 0 aromatic carbocycles. The largest absolute Gasteiger partial charge is 0.378 e. The third kappa shape index (κ3) is 3.23. The van der Waals surface area contributed by atoms with Crippen LogP contribution in [0, 0.1) is 6.92 Å². The first-order valence-electron chi connectivity index (χ1n) is 7.26. The van der Waals surface area contributed by atoms with Crippen LogP contribution in [0.4, 0.5) is 11.6 Å². The first-order valence-corrected chi connectivity index (χ1v) is 7.26. The Balaban J connectivity index is 1.81. The van der Waals surface area contributed by atoms with Crippen LogP contribution in [0.25, 0.3) is 0 Å². The van der Waals surface area contributed by atoms with Gasteiger partial charge < -0.3 is 15.0 Å². The van der Waals surface area contributed by atoms with E-state index in [0.29, 0.717) is 30.4 Å². The molecule has 6 heteroatoms. The number of rotatable bonds is 3. The molecule has 0 bridgehead atoms. The van der Waals surface area contributed by atoms with E-state index >= 15 is 0 Å². The van der Waals surface area contributed by atoms with E-state index in [9.17, 15) is 4.79 Å². The minimum absolute atomic E-state index is 0.203. The molecule has 2 aromatic rings. The Morgan fingerprint density at radius 3 is 2.77 bits per heavy atom. The number of pyridine rings is 2. The number of aromatic nitrogens is 2. The molecule has 0 saturated carbocycles. The van der Waals surface area contributed by atoms with Crippen molar-refractivity contribution in [2.75, 3.05) is 36.5 Å². The maximum Gasteiger partial charge on any atom is 0.260 e. The minimum Gasteiger partial charge on any atom is -0.378 e. The first-order chi connectivity index (χ1) is 10.7. The Labute approximate surface area is 129 Å². The number of nitrogens with one attached hydrogen (secondary N) is 1. The van der Waals surface area contributed by atoms with Crippen molar-refractivity contribution in [2.24, 2.45) is 0 Å². The molecular formula is C16H18N4O2. The molecule has 1 aliphatic rings. The Bertz CT molecular complexity index is 651. The van der Waals surface area contributed by atoms with Gasteiger partial charge in [-0.25, -0.2) is 9.97 Å². The van der Waals surface area contributed by atoms with Crippen molar-refractivity contribution in [1.29, 1.82) is 0 Å². The minimum atomic E-state index is -0.203. The Hall–Kier alpha value is -2.47. The SMILES string of the molecule is Cc1ccc(NC(=O)c2cccnc2N2CCOCC2)nc1. The van der Waals surface area contributed by atoms with Crippen molar-refractivity contribution in [3.05, 3.63) is 47.8 Å². The molecular weight excluding hydrogens is 280 g/mol. The number of morpholine rings is 1. The molecule has 3 rings (SSSR count). The van der Waals surface area contributed by atoms with Crippen LogP contribution in [0.1, 0.15) is 15.9 Å². The summed E-state index contributed by atoms with van der Waals surface area (Å²) in [6.07, 6.45) is 3.42. The van der Waals surface area contributed by atoms with Crippen LogP contribution >= 0.6 is 0 Å². The summed E-state index contributed by atoms with van der Waals surface area (Å²) in [7, 11) is 0. The smallest absolute Gasteiger partial charge is 0.260 e. The summed E-state index contributed by atoms with van der Waals surface area (Å²) in [5, 5.41) is 2.82.